The van der Waals surface area contributed by atoms with Gasteiger partial charge in [-0.05, 0) is 18.2 Å². The molecule has 0 spiro atoms. The second kappa shape index (κ2) is 7.20. The molecule has 0 aliphatic rings. The standard InChI is InChI=1S/C19H16N6O2/c26-17(13-25-19(27)16-7-2-1-5-14(16)12-23-25)21-11-15-6-3-8-20-18(15)24-10-4-9-22-24/h1-10,12H,11,13H2,(H,21,26). The quantitative estimate of drug-likeness (QED) is 0.579. The van der Waals surface area contributed by atoms with Crippen LogP contribution in [0, 0.1) is 0 Å². The fourth-order valence-corrected chi connectivity index (χ4v) is 2.79. The molecule has 1 N–H and O–H groups in total. The number of hydrogen-bond acceptors (Lipinski definition) is 5. The maximum atomic E-state index is 12.4. The van der Waals surface area contributed by atoms with Crippen molar-refractivity contribution in [3.63, 3.8) is 0 Å². The Morgan fingerprint density at radius 3 is 2.78 bits per heavy atom. The van der Waals surface area contributed by atoms with Gasteiger partial charge in [-0.1, -0.05) is 24.3 Å². The first-order chi connectivity index (χ1) is 13.2. The lowest BCUT2D eigenvalue weighted by atomic mass is 10.2. The smallest absolute Gasteiger partial charge is 0.275 e. The van der Waals surface area contributed by atoms with Crippen molar-refractivity contribution in [2.75, 3.05) is 0 Å². The molecule has 3 heterocycles. The van der Waals surface area contributed by atoms with Gasteiger partial charge in [0.1, 0.15) is 6.54 Å². The Hall–Kier alpha value is -3.81. The summed E-state index contributed by atoms with van der Waals surface area (Å²) in [5.41, 5.74) is 0.523. The van der Waals surface area contributed by atoms with Crippen LogP contribution in [0.1, 0.15) is 5.56 Å². The van der Waals surface area contributed by atoms with E-state index < -0.39 is 0 Å². The summed E-state index contributed by atoms with van der Waals surface area (Å²) in [6, 6.07) is 12.6. The first-order valence-corrected chi connectivity index (χ1v) is 8.38. The minimum absolute atomic E-state index is 0.152. The third-order valence-corrected chi connectivity index (χ3v) is 4.12. The van der Waals surface area contributed by atoms with Gasteiger partial charge in [0, 0.05) is 36.1 Å². The van der Waals surface area contributed by atoms with Gasteiger partial charge in [0.2, 0.25) is 5.91 Å². The highest BCUT2D eigenvalue weighted by Gasteiger charge is 2.10. The van der Waals surface area contributed by atoms with Gasteiger partial charge in [0.15, 0.2) is 5.82 Å². The minimum Gasteiger partial charge on any atom is -0.350 e. The number of pyridine rings is 1. The number of carbonyl (C=O) groups excluding carboxylic acids is 1. The van der Waals surface area contributed by atoms with E-state index in [-0.39, 0.29) is 24.6 Å². The number of nitrogens with one attached hydrogen (secondary N) is 1. The average Bonchev–Trinajstić information content (AvgIpc) is 3.24. The van der Waals surface area contributed by atoms with Crippen LogP contribution in [-0.2, 0) is 17.9 Å². The summed E-state index contributed by atoms with van der Waals surface area (Å²) >= 11 is 0. The van der Waals surface area contributed by atoms with E-state index in [0.717, 1.165) is 15.6 Å². The van der Waals surface area contributed by atoms with Crippen molar-refractivity contribution in [3.8, 4) is 5.82 Å². The van der Waals surface area contributed by atoms with Crippen molar-refractivity contribution in [3.05, 3.63) is 83.2 Å². The van der Waals surface area contributed by atoms with E-state index in [1.54, 1.807) is 53.7 Å². The molecule has 1 amide bonds. The van der Waals surface area contributed by atoms with Crippen molar-refractivity contribution >= 4 is 16.7 Å². The maximum absolute atomic E-state index is 12.4. The van der Waals surface area contributed by atoms with Crippen LogP contribution in [0.2, 0.25) is 0 Å². The van der Waals surface area contributed by atoms with E-state index in [1.165, 1.54) is 0 Å². The molecule has 27 heavy (non-hydrogen) atoms. The van der Waals surface area contributed by atoms with Crippen LogP contribution >= 0.6 is 0 Å². The molecule has 134 valence electrons. The number of amides is 1. The molecule has 1 aromatic carbocycles. The van der Waals surface area contributed by atoms with Crippen LogP contribution in [0.4, 0.5) is 0 Å². The minimum atomic E-state index is -0.310. The predicted octanol–water partition coefficient (Wildman–Crippen LogP) is 1.29. The highest BCUT2D eigenvalue weighted by Crippen LogP contribution is 2.10. The van der Waals surface area contributed by atoms with E-state index in [1.807, 2.05) is 18.2 Å². The first-order valence-electron chi connectivity index (χ1n) is 8.38. The number of hydrogen-bond donors (Lipinski definition) is 1. The van der Waals surface area contributed by atoms with Crippen LogP contribution < -0.4 is 10.9 Å². The zero-order valence-electron chi connectivity index (χ0n) is 14.3. The monoisotopic (exact) mass is 360 g/mol. The third kappa shape index (κ3) is 3.45. The van der Waals surface area contributed by atoms with E-state index in [0.29, 0.717) is 11.2 Å². The van der Waals surface area contributed by atoms with E-state index >= 15 is 0 Å². The van der Waals surface area contributed by atoms with Crippen molar-refractivity contribution in [2.24, 2.45) is 0 Å². The highest BCUT2D eigenvalue weighted by atomic mass is 16.2. The molecule has 3 aromatic heterocycles. The van der Waals surface area contributed by atoms with Crippen LogP contribution in [0.15, 0.2) is 72.0 Å². The average molecular weight is 360 g/mol. The summed E-state index contributed by atoms with van der Waals surface area (Å²) in [4.78, 5) is 29.1. The van der Waals surface area contributed by atoms with E-state index in [2.05, 4.69) is 20.5 Å². The van der Waals surface area contributed by atoms with Gasteiger partial charge in [-0.3, -0.25) is 9.59 Å². The summed E-state index contributed by atoms with van der Waals surface area (Å²) in [5, 5.41) is 12.3. The number of benzene rings is 1. The molecule has 0 aliphatic heterocycles. The summed E-state index contributed by atoms with van der Waals surface area (Å²) in [6.45, 7) is 0.116. The Morgan fingerprint density at radius 1 is 1.04 bits per heavy atom. The van der Waals surface area contributed by atoms with Crippen LogP contribution in [-0.4, -0.2) is 30.5 Å². The lowest BCUT2D eigenvalue weighted by Gasteiger charge is -2.10. The van der Waals surface area contributed by atoms with Gasteiger partial charge in [-0.25, -0.2) is 14.3 Å². The number of carbonyl (C=O) groups is 1. The zero-order valence-corrected chi connectivity index (χ0v) is 14.3. The fourth-order valence-electron chi connectivity index (χ4n) is 2.79. The Labute approximate surface area is 154 Å². The highest BCUT2D eigenvalue weighted by molar-refractivity contribution is 5.81. The molecule has 0 saturated carbocycles. The third-order valence-electron chi connectivity index (χ3n) is 4.12. The zero-order chi connectivity index (χ0) is 18.6. The lowest BCUT2D eigenvalue weighted by Crippen LogP contribution is -2.33. The predicted molar refractivity (Wildman–Crippen MR) is 99.2 cm³/mol. The van der Waals surface area contributed by atoms with Crippen LogP contribution in [0.25, 0.3) is 16.6 Å². The number of aromatic nitrogens is 5. The van der Waals surface area contributed by atoms with Crippen molar-refractivity contribution in [2.45, 2.75) is 13.1 Å². The molecule has 0 atom stereocenters. The molecule has 0 bridgehead atoms. The molecule has 8 nitrogen and oxygen atoms in total. The van der Waals surface area contributed by atoms with Gasteiger partial charge >= 0.3 is 0 Å². The summed E-state index contributed by atoms with van der Waals surface area (Å²) in [5.74, 6) is 0.332. The van der Waals surface area contributed by atoms with Crippen LogP contribution in [0.3, 0.4) is 0 Å². The van der Waals surface area contributed by atoms with Crippen molar-refractivity contribution in [1.29, 1.82) is 0 Å². The molecule has 4 aromatic rings. The van der Waals surface area contributed by atoms with E-state index in [9.17, 15) is 9.59 Å². The van der Waals surface area contributed by atoms with Crippen molar-refractivity contribution in [1.82, 2.24) is 29.9 Å². The normalized spacial score (nSPS) is 10.8. The number of rotatable bonds is 5. The number of fused-ring (bicyclic) bond motifs is 1. The summed E-state index contributed by atoms with van der Waals surface area (Å²) in [6.07, 6.45) is 6.70. The fraction of sp³-hybridized carbons (Fsp3) is 0.105. The first kappa shape index (κ1) is 16.6. The van der Waals surface area contributed by atoms with Gasteiger partial charge in [-0.2, -0.15) is 10.2 Å². The molecule has 0 fully saturated rings. The molecule has 0 radical (unpaired) electrons. The van der Waals surface area contributed by atoms with E-state index in [4.69, 9.17) is 0 Å². The Morgan fingerprint density at radius 2 is 1.93 bits per heavy atom. The van der Waals surface area contributed by atoms with Gasteiger partial charge in [0.05, 0.1) is 11.6 Å². The summed E-state index contributed by atoms with van der Waals surface area (Å²) < 4.78 is 2.80. The molecular weight excluding hydrogens is 344 g/mol. The molecule has 0 aliphatic carbocycles. The topological polar surface area (TPSA) is 94.7 Å². The van der Waals surface area contributed by atoms with Crippen LogP contribution in [0.5, 0.6) is 0 Å². The lowest BCUT2D eigenvalue weighted by molar-refractivity contribution is -0.122. The molecule has 0 saturated heterocycles. The Balaban J connectivity index is 1.49. The summed E-state index contributed by atoms with van der Waals surface area (Å²) in [7, 11) is 0. The number of nitrogens with zero attached hydrogens (tertiary/aromatic N) is 5. The molecule has 0 unspecified atom stereocenters. The molecule has 4 rings (SSSR count). The maximum Gasteiger partial charge on any atom is 0.275 e. The Bertz CT molecular complexity index is 1150. The van der Waals surface area contributed by atoms with Crippen molar-refractivity contribution < 1.29 is 4.79 Å². The second-order valence-electron chi connectivity index (χ2n) is 5.91. The second-order valence-corrected chi connectivity index (χ2v) is 5.91. The van der Waals surface area contributed by atoms with Gasteiger partial charge in [-0.15, -0.1) is 0 Å². The Kier molecular flexibility index (Phi) is 4.44. The van der Waals surface area contributed by atoms with Gasteiger partial charge < -0.3 is 5.32 Å². The molecular formula is C19H16N6O2. The molecule has 8 heteroatoms. The largest absolute Gasteiger partial charge is 0.350 e. The SMILES string of the molecule is O=C(Cn1ncc2ccccc2c1=O)NCc1cccnc1-n1cccn1. The van der Waals surface area contributed by atoms with Gasteiger partial charge in [0.25, 0.3) is 5.56 Å².